The van der Waals surface area contributed by atoms with E-state index in [0.717, 1.165) is 39.1 Å². The van der Waals surface area contributed by atoms with Gasteiger partial charge in [0.1, 0.15) is 5.75 Å². The van der Waals surface area contributed by atoms with Crippen molar-refractivity contribution in [3.63, 3.8) is 0 Å². The van der Waals surface area contributed by atoms with E-state index in [9.17, 15) is 13.6 Å². The first-order valence-corrected chi connectivity index (χ1v) is 9.87. The van der Waals surface area contributed by atoms with Crippen LogP contribution in [0.1, 0.15) is 34.9 Å². The number of ether oxygens (including phenoxy) is 1. The molecule has 26 heavy (non-hydrogen) atoms. The van der Waals surface area contributed by atoms with Gasteiger partial charge in [-0.05, 0) is 70.6 Å². The van der Waals surface area contributed by atoms with Gasteiger partial charge >= 0.3 is 12.6 Å². The molecule has 4 nitrogen and oxygen atoms in total. The van der Waals surface area contributed by atoms with E-state index in [-0.39, 0.29) is 17.8 Å². The fourth-order valence-corrected chi connectivity index (χ4v) is 4.66. The van der Waals surface area contributed by atoms with Crippen molar-refractivity contribution in [2.45, 2.75) is 38.5 Å². The fourth-order valence-electron chi connectivity index (χ4n) is 3.12. The van der Waals surface area contributed by atoms with Crippen molar-refractivity contribution in [3.05, 3.63) is 50.1 Å². The number of carbonyl (C=O) groups is 1. The molecule has 1 aliphatic rings. The van der Waals surface area contributed by atoms with Crippen molar-refractivity contribution < 1.29 is 18.3 Å². The van der Waals surface area contributed by atoms with Crippen LogP contribution in [0.15, 0.2) is 34.1 Å². The predicted octanol–water partition coefficient (Wildman–Crippen LogP) is 5.33. The van der Waals surface area contributed by atoms with Crippen LogP contribution >= 0.6 is 27.3 Å². The summed E-state index contributed by atoms with van der Waals surface area (Å²) in [6.07, 6.45) is 2.51. The topological polar surface area (TPSA) is 41.6 Å². The lowest BCUT2D eigenvalue weighted by Crippen LogP contribution is -2.39. The van der Waals surface area contributed by atoms with Gasteiger partial charge in [0.25, 0.3) is 0 Å². The van der Waals surface area contributed by atoms with Crippen LogP contribution in [0, 0.1) is 0 Å². The van der Waals surface area contributed by atoms with Crippen LogP contribution in [0.3, 0.4) is 0 Å². The van der Waals surface area contributed by atoms with Crippen molar-refractivity contribution in [1.82, 2.24) is 10.2 Å². The molecule has 1 aliphatic carbocycles. The summed E-state index contributed by atoms with van der Waals surface area (Å²) < 4.78 is 30.3. The van der Waals surface area contributed by atoms with Crippen molar-refractivity contribution in [3.8, 4) is 5.75 Å². The Morgan fingerprint density at radius 1 is 1.42 bits per heavy atom. The van der Waals surface area contributed by atoms with Crippen LogP contribution in [0.2, 0.25) is 0 Å². The van der Waals surface area contributed by atoms with Gasteiger partial charge in [-0.1, -0.05) is 6.07 Å². The molecule has 1 aromatic carbocycles. The number of fused-ring (bicyclic) bond motifs is 1. The minimum absolute atomic E-state index is 0.121. The number of urea groups is 1. The molecule has 0 saturated carbocycles. The molecule has 1 heterocycles. The van der Waals surface area contributed by atoms with Gasteiger partial charge in [-0.25, -0.2) is 4.79 Å². The summed E-state index contributed by atoms with van der Waals surface area (Å²) in [5.74, 6) is 0.158. The van der Waals surface area contributed by atoms with Gasteiger partial charge in [-0.3, -0.25) is 0 Å². The number of halogens is 3. The third-order valence-corrected chi connectivity index (χ3v) is 5.93. The zero-order valence-electron chi connectivity index (χ0n) is 14.2. The zero-order valence-corrected chi connectivity index (χ0v) is 16.6. The Morgan fingerprint density at radius 3 is 2.92 bits per heavy atom. The van der Waals surface area contributed by atoms with Gasteiger partial charge in [-0.2, -0.15) is 8.78 Å². The molecule has 8 heteroatoms. The molecule has 0 aliphatic heterocycles. The highest BCUT2D eigenvalue weighted by molar-refractivity contribution is 9.11. The Bertz CT molecular complexity index is 784. The van der Waals surface area contributed by atoms with E-state index in [1.807, 2.05) is 12.1 Å². The monoisotopic (exact) mass is 444 g/mol. The van der Waals surface area contributed by atoms with Gasteiger partial charge in [0.15, 0.2) is 0 Å². The van der Waals surface area contributed by atoms with Gasteiger partial charge in [-0.15, -0.1) is 11.3 Å². The largest absolute Gasteiger partial charge is 0.435 e. The summed E-state index contributed by atoms with van der Waals surface area (Å²) in [6.45, 7) is -2.30. The summed E-state index contributed by atoms with van der Waals surface area (Å²) in [5.41, 5.74) is 1.92. The molecule has 0 bridgehead atoms. The lowest BCUT2D eigenvalue weighted by Gasteiger charge is -2.29. The van der Waals surface area contributed by atoms with Gasteiger partial charge < -0.3 is 15.0 Å². The maximum absolute atomic E-state index is 12.5. The average molecular weight is 445 g/mol. The van der Waals surface area contributed by atoms with Gasteiger partial charge in [0.2, 0.25) is 0 Å². The average Bonchev–Trinajstić information content (AvgIpc) is 2.99. The number of carbonyl (C=O) groups excluding carboxylic acids is 1. The first-order chi connectivity index (χ1) is 12.4. The van der Waals surface area contributed by atoms with Crippen LogP contribution < -0.4 is 10.1 Å². The van der Waals surface area contributed by atoms with Crippen LogP contribution in [-0.2, 0) is 13.0 Å². The second-order valence-corrected chi connectivity index (χ2v) is 8.74. The van der Waals surface area contributed by atoms with E-state index in [0.29, 0.717) is 6.54 Å². The van der Waals surface area contributed by atoms with E-state index in [1.54, 1.807) is 35.4 Å². The second kappa shape index (κ2) is 8.35. The first kappa shape index (κ1) is 19.1. The molecule has 2 amide bonds. The van der Waals surface area contributed by atoms with E-state index >= 15 is 0 Å². The van der Waals surface area contributed by atoms with Crippen molar-refractivity contribution in [2.24, 2.45) is 0 Å². The number of hydrogen-bond acceptors (Lipinski definition) is 3. The lowest BCUT2D eigenvalue weighted by atomic mass is 9.87. The maximum Gasteiger partial charge on any atom is 0.387 e. The van der Waals surface area contributed by atoms with Crippen molar-refractivity contribution >= 4 is 33.3 Å². The van der Waals surface area contributed by atoms with E-state index < -0.39 is 6.61 Å². The number of hydrogen-bond donors (Lipinski definition) is 1. The van der Waals surface area contributed by atoms with Crippen LogP contribution in [0.25, 0.3) is 0 Å². The molecule has 1 N–H and O–H groups in total. The SMILES string of the molecule is CN(Cc1ccc(Br)s1)C(=O)NC1CCCc2cc(OC(F)F)ccc21. The molecule has 1 unspecified atom stereocenters. The second-order valence-electron chi connectivity index (χ2n) is 6.20. The third-order valence-electron chi connectivity index (χ3n) is 4.32. The Labute approximate surface area is 163 Å². The Balaban J connectivity index is 1.66. The summed E-state index contributed by atoms with van der Waals surface area (Å²) in [7, 11) is 1.76. The highest BCUT2D eigenvalue weighted by atomic mass is 79.9. The predicted molar refractivity (Wildman–Crippen MR) is 101 cm³/mol. The van der Waals surface area contributed by atoms with Gasteiger partial charge in [0.05, 0.1) is 16.4 Å². The Hall–Kier alpha value is -1.67. The van der Waals surface area contributed by atoms with Crippen LogP contribution in [0.5, 0.6) is 5.75 Å². The number of thiophene rings is 1. The molecule has 1 aromatic heterocycles. The lowest BCUT2D eigenvalue weighted by molar-refractivity contribution is -0.0499. The van der Waals surface area contributed by atoms with Crippen molar-refractivity contribution in [2.75, 3.05) is 7.05 Å². The van der Waals surface area contributed by atoms with Crippen LogP contribution in [-0.4, -0.2) is 24.6 Å². The highest BCUT2D eigenvalue weighted by Gasteiger charge is 2.24. The number of rotatable bonds is 5. The quantitative estimate of drug-likeness (QED) is 0.676. The number of aryl methyl sites for hydroxylation is 1. The Morgan fingerprint density at radius 2 is 2.23 bits per heavy atom. The van der Waals surface area contributed by atoms with Crippen molar-refractivity contribution in [1.29, 1.82) is 0 Å². The normalized spacial score (nSPS) is 16.3. The van der Waals surface area contributed by atoms with Gasteiger partial charge in [0, 0.05) is 11.9 Å². The number of benzene rings is 1. The molecule has 1 atom stereocenters. The molecular formula is C18H19BrF2N2O2S. The Kier molecular flexibility index (Phi) is 6.13. The smallest absolute Gasteiger partial charge is 0.387 e. The maximum atomic E-state index is 12.5. The van der Waals surface area contributed by atoms with E-state index in [2.05, 4.69) is 26.0 Å². The molecule has 0 fully saturated rings. The summed E-state index contributed by atoms with van der Waals surface area (Å²) in [6, 6.07) is 8.62. The molecule has 0 saturated heterocycles. The number of nitrogens with one attached hydrogen (secondary N) is 1. The molecule has 3 rings (SSSR count). The fraction of sp³-hybridized carbons (Fsp3) is 0.389. The molecule has 2 aromatic rings. The molecular weight excluding hydrogens is 426 g/mol. The molecule has 0 radical (unpaired) electrons. The zero-order chi connectivity index (χ0) is 18.7. The minimum Gasteiger partial charge on any atom is -0.435 e. The third kappa shape index (κ3) is 4.73. The summed E-state index contributed by atoms with van der Waals surface area (Å²) in [4.78, 5) is 15.3. The summed E-state index contributed by atoms with van der Waals surface area (Å²) in [5, 5.41) is 3.05. The van der Waals surface area contributed by atoms with E-state index in [1.165, 1.54) is 6.07 Å². The number of nitrogens with zero attached hydrogens (tertiary/aromatic N) is 1. The van der Waals surface area contributed by atoms with Crippen LogP contribution in [0.4, 0.5) is 13.6 Å². The highest BCUT2D eigenvalue weighted by Crippen LogP contribution is 2.33. The number of amides is 2. The standard InChI is InChI=1S/C18H19BrF2N2O2S/c1-23(10-13-6-8-16(19)26-13)18(24)22-15-4-2-3-11-9-12(25-17(20)21)5-7-14(11)15/h5-9,15,17H,2-4,10H2,1H3,(H,22,24). The number of alkyl halides is 2. The molecule has 140 valence electrons. The minimum atomic E-state index is -2.84. The van der Waals surface area contributed by atoms with E-state index in [4.69, 9.17) is 0 Å². The first-order valence-electron chi connectivity index (χ1n) is 8.26. The summed E-state index contributed by atoms with van der Waals surface area (Å²) >= 11 is 5.01. The molecule has 0 spiro atoms.